The van der Waals surface area contributed by atoms with Crippen molar-refractivity contribution in [2.75, 3.05) is 12.4 Å². The van der Waals surface area contributed by atoms with E-state index in [2.05, 4.69) is 5.32 Å². The van der Waals surface area contributed by atoms with Gasteiger partial charge >= 0.3 is 11.7 Å². The smallest absolute Gasteiger partial charge is 0.417 e. The molecule has 0 aliphatic rings. The highest BCUT2D eigenvalue weighted by Gasteiger charge is 2.12. The molecule has 24 heavy (non-hydrogen) atoms. The minimum atomic E-state index is -0.780. The van der Waals surface area contributed by atoms with Gasteiger partial charge in [-0.2, -0.15) is 0 Å². The van der Waals surface area contributed by atoms with E-state index in [0.717, 1.165) is 6.07 Å². The molecule has 6 nitrogen and oxygen atoms in total. The van der Waals surface area contributed by atoms with Crippen LogP contribution in [0.4, 0.5) is 10.5 Å². The van der Waals surface area contributed by atoms with Crippen molar-refractivity contribution in [3.63, 3.8) is 0 Å². The van der Waals surface area contributed by atoms with Gasteiger partial charge in [0.1, 0.15) is 11.3 Å². The van der Waals surface area contributed by atoms with Gasteiger partial charge < -0.3 is 13.9 Å². The largest absolute Gasteiger partial charge is 0.497 e. The molecule has 0 aliphatic heterocycles. The first-order valence-electron chi connectivity index (χ1n) is 6.92. The number of carbonyl (C=O) groups excluding carboxylic acids is 1. The van der Waals surface area contributed by atoms with Crippen molar-refractivity contribution in [2.24, 2.45) is 0 Å². The Morgan fingerprint density at radius 2 is 1.96 bits per heavy atom. The van der Waals surface area contributed by atoms with Gasteiger partial charge in [-0.15, -0.1) is 0 Å². The van der Waals surface area contributed by atoms with E-state index in [1.165, 1.54) is 7.11 Å². The molecule has 1 heterocycles. The van der Waals surface area contributed by atoms with Crippen molar-refractivity contribution < 1.29 is 18.7 Å². The van der Waals surface area contributed by atoms with Gasteiger partial charge in [0.2, 0.25) is 0 Å². The molecule has 0 spiro atoms. The van der Waals surface area contributed by atoms with E-state index in [-0.39, 0.29) is 5.75 Å². The fourth-order valence-electron chi connectivity index (χ4n) is 2.13. The van der Waals surface area contributed by atoms with Gasteiger partial charge in [0.05, 0.1) is 29.3 Å². The molecule has 1 aromatic heterocycles. The molecule has 0 aliphatic carbocycles. The summed E-state index contributed by atoms with van der Waals surface area (Å²) in [6.45, 7) is 0. The van der Waals surface area contributed by atoms with Gasteiger partial charge in [-0.1, -0.05) is 23.7 Å². The maximum atomic E-state index is 12.1. The average molecular weight is 346 g/mol. The van der Waals surface area contributed by atoms with Crippen molar-refractivity contribution in [1.29, 1.82) is 0 Å². The number of fused-ring (bicyclic) bond motifs is 1. The van der Waals surface area contributed by atoms with Crippen molar-refractivity contribution in [1.82, 2.24) is 0 Å². The van der Waals surface area contributed by atoms with E-state index in [0.29, 0.717) is 27.4 Å². The first-order chi connectivity index (χ1) is 11.6. The number of amides is 1. The molecule has 122 valence electrons. The van der Waals surface area contributed by atoms with Crippen LogP contribution in [0, 0.1) is 0 Å². The maximum Gasteiger partial charge on any atom is 0.417 e. The second kappa shape index (κ2) is 6.64. The Bertz CT molecular complexity index is 967. The molecule has 0 saturated heterocycles. The molecule has 0 fully saturated rings. The van der Waals surface area contributed by atoms with Gasteiger partial charge in [0, 0.05) is 6.07 Å². The van der Waals surface area contributed by atoms with Crippen molar-refractivity contribution in [3.8, 4) is 11.5 Å². The van der Waals surface area contributed by atoms with Gasteiger partial charge in [-0.05, 0) is 24.3 Å². The Morgan fingerprint density at radius 3 is 2.71 bits per heavy atom. The number of anilines is 1. The van der Waals surface area contributed by atoms with Crippen LogP contribution in [0.25, 0.3) is 11.0 Å². The Hall–Kier alpha value is -2.99. The van der Waals surface area contributed by atoms with Gasteiger partial charge in [-0.3, -0.25) is 5.32 Å². The molecule has 3 rings (SSSR count). The lowest BCUT2D eigenvalue weighted by atomic mass is 10.2. The molecular formula is C17H12ClNO5. The second-order valence-electron chi connectivity index (χ2n) is 4.79. The van der Waals surface area contributed by atoms with Gasteiger partial charge in [0.15, 0.2) is 5.75 Å². The van der Waals surface area contributed by atoms with Crippen LogP contribution in [0.3, 0.4) is 0 Å². The lowest BCUT2D eigenvalue weighted by Crippen LogP contribution is -2.18. The molecule has 0 saturated carbocycles. The highest BCUT2D eigenvalue weighted by atomic mass is 35.5. The van der Waals surface area contributed by atoms with E-state index < -0.39 is 11.7 Å². The van der Waals surface area contributed by atoms with Crippen LogP contribution in [-0.4, -0.2) is 13.2 Å². The zero-order chi connectivity index (χ0) is 17.1. The fourth-order valence-corrected chi connectivity index (χ4v) is 2.34. The summed E-state index contributed by atoms with van der Waals surface area (Å²) in [5.74, 6) is 0.662. The molecule has 0 unspecified atom stereocenters. The molecular weight excluding hydrogens is 334 g/mol. The highest BCUT2D eigenvalue weighted by Crippen LogP contribution is 2.28. The van der Waals surface area contributed by atoms with Crippen LogP contribution in [0.2, 0.25) is 5.02 Å². The van der Waals surface area contributed by atoms with Gasteiger partial charge in [0.25, 0.3) is 0 Å². The molecule has 0 atom stereocenters. The number of hydrogen-bond donors (Lipinski definition) is 1. The third kappa shape index (κ3) is 3.33. The third-order valence-electron chi connectivity index (χ3n) is 3.23. The second-order valence-corrected chi connectivity index (χ2v) is 5.19. The summed E-state index contributed by atoms with van der Waals surface area (Å²) in [7, 11) is 1.51. The summed E-state index contributed by atoms with van der Waals surface area (Å²) in [5, 5.41) is 3.32. The Balaban J connectivity index is 1.84. The van der Waals surface area contributed by atoms with E-state index >= 15 is 0 Å². The number of carbonyl (C=O) groups is 1. The van der Waals surface area contributed by atoms with E-state index in [1.54, 1.807) is 42.5 Å². The molecule has 3 aromatic rings. The summed E-state index contributed by atoms with van der Waals surface area (Å²) in [6, 6.07) is 12.7. The van der Waals surface area contributed by atoms with Crippen LogP contribution in [0.15, 0.2) is 57.7 Å². The average Bonchev–Trinajstić information content (AvgIpc) is 2.56. The molecule has 1 N–H and O–H groups in total. The molecule has 0 bridgehead atoms. The quantitative estimate of drug-likeness (QED) is 0.724. The summed E-state index contributed by atoms with van der Waals surface area (Å²) in [5.41, 5.74) is 0.0731. The Morgan fingerprint density at radius 1 is 1.17 bits per heavy atom. The van der Waals surface area contributed by atoms with Crippen LogP contribution in [0.1, 0.15) is 0 Å². The number of hydrogen-bond acceptors (Lipinski definition) is 5. The number of nitrogens with one attached hydrogen (secondary N) is 1. The van der Waals surface area contributed by atoms with Crippen LogP contribution >= 0.6 is 11.6 Å². The van der Waals surface area contributed by atoms with Crippen LogP contribution in [0.5, 0.6) is 11.5 Å². The van der Waals surface area contributed by atoms with E-state index in [9.17, 15) is 9.59 Å². The number of ether oxygens (including phenoxy) is 2. The minimum absolute atomic E-state index is 0.101. The fraction of sp³-hybridized carbons (Fsp3) is 0.0588. The zero-order valence-corrected chi connectivity index (χ0v) is 13.3. The predicted molar refractivity (Wildman–Crippen MR) is 90.1 cm³/mol. The molecule has 0 radical (unpaired) electrons. The Kier molecular flexibility index (Phi) is 4.39. The number of rotatable bonds is 3. The van der Waals surface area contributed by atoms with E-state index in [4.69, 9.17) is 25.5 Å². The number of halogens is 1. The summed E-state index contributed by atoms with van der Waals surface area (Å²) in [6.07, 6.45) is -0.780. The Labute approximate surface area is 141 Å². The molecule has 7 heteroatoms. The monoisotopic (exact) mass is 345 g/mol. The topological polar surface area (TPSA) is 77.8 Å². The van der Waals surface area contributed by atoms with Crippen LogP contribution < -0.4 is 20.4 Å². The van der Waals surface area contributed by atoms with Gasteiger partial charge in [-0.25, -0.2) is 9.59 Å². The normalized spacial score (nSPS) is 10.4. The molecule has 2 aromatic carbocycles. The lowest BCUT2D eigenvalue weighted by molar-refractivity contribution is 0.215. The number of para-hydroxylation sites is 1. The minimum Gasteiger partial charge on any atom is -0.497 e. The highest BCUT2D eigenvalue weighted by molar-refractivity contribution is 6.33. The summed E-state index contributed by atoms with van der Waals surface area (Å²) < 4.78 is 15.3. The van der Waals surface area contributed by atoms with Crippen molar-refractivity contribution in [3.05, 3.63) is 64.0 Å². The van der Waals surface area contributed by atoms with Crippen molar-refractivity contribution in [2.45, 2.75) is 0 Å². The van der Waals surface area contributed by atoms with Crippen LogP contribution in [-0.2, 0) is 0 Å². The zero-order valence-electron chi connectivity index (χ0n) is 12.5. The third-order valence-corrected chi connectivity index (χ3v) is 3.54. The lowest BCUT2D eigenvalue weighted by Gasteiger charge is -2.10. The number of benzene rings is 2. The summed E-state index contributed by atoms with van der Waals surface area (Å²) >= 11 is 6.06. The van der Waals surface area contributed by atoms with E-state index in [1.807, 2.05) is 0 Å². The summed E-state index contributed by atoms with van der Waals surface area (Å²) in [4.78, 5) is 23.6. The SMILES string of the molecule is COc1ccc(NC(=O)Oc2cc(=O)oc3ccccc23)c(Cl)c1. The predicted octanol–water partition coefficient (Wildman–Crippen LogP) is 4.07. The first kappa shape index (κ1) is 15.9. The standard InChI is InChI=1S/C17H12ClNO5/c1-22-10-6-7-13(12(18)8-10)19-17(21)24-15-9-16(20)23-14-5-3-2-4-11(14)15/h2-9H,1H3,(H,19,21). The first-order valence-corrected chi connectivity index (χ1v) is 7.30. The maximum absolute atomic E-state index is 12.1. The van der Waals surface area contributed by atoms with Crippen molar-refractivity contribution >= 4 is 34.4 Å². The molecule has 1 amide bonds. The number of methoxy groups -OCH3 is 1.